The number of rotatable bonds is 4. The van der Waals surface area contributed by atoms with E-state index in [4.69, 9.17) is 10.5 Å². The zero-order valence-electron chi connectivity index (χ0n) is 7.29. The molecule has 3 nitrogen and oxygen atoms in total. The second kappa shape index (κ2) is 4.72. The van der Waals surface area contributed by atoms with E-state index in [2.05, 4.69) is 11.9 Å². The van der Waals surface area contributed by atoms with Gasteiger partial charge in [-0.25, -0.2) is 4.98 Å². The maximum atomic E-state index is 5.46. The third kappa shape index (κ3) is 2.51. The average molecular weight is 166 g/mol. The van der Waals surface area contributed by atoms with Gasteiger partial charge in [0.25, 0.3) is 0 Å². The molecule has 0 aromatic carbocycles. The molecule has 0 amide bonds. The van der Waals surface area contributed by atoms with E-state index in [9.17, 15) is 0 Å². The number of nitrogens with zero attached hydrogens (tertiary/aromatic N) is 1. The molecular formula is C9H14N2O. The maximum absolute atomic E-state index is 5.46. The Morgan fingerprint density at radius 2 is 2.42 bits per heavy atom. The molecule has 1 aromatic heterocycles. The topological polar surface area (TPSA) is 48.1 Å². The van der Waals surface area contributed by atoms with Crippen LogP contribution in [0.3, 0.4) is 0 Å². The van der Waals surface area contributed by atoms with Crippen LogP contribution in [-0.4, -0.2) is 11.6 Å². The van der Waals surface area contributed by atoms with Crippen LogP contribution in [0.4, 0.5) is 0 Å². The SMILES string of the molecule is CCCOc1cc(CN)ccn1. The van der Waals surface area contributed by atoms with Crippen molar-refractivity contribution in [2.75, 3.05) is 6.61 Å². The summed E-state index contributed by atoms with van der Waals surface area (Å²) >= 11 is 0. The highest BCUT2D eigenvalue weighted by molar-refractivity contribution is 5.19. The third-order valence-corrected chi connectivity index (χ3v) is 1.49. The largest absolute Gasteiger partial charge is 0.478 e. The van der Waals surface area contributed by atoms with Crippen molar-refractivity contribution in [2.45, 2.75) is 19.9 Å². The van der Waals surface area contributed by atoms with Crippen molar-refractivity contribution in [3.8, 4) is 5.88 Å². The Morgan fingerprint density at radius 1 is 1.58 bits per heavy atom. The predicted octanol–water partition coefficient (Wildman–Crippen LogP) is 1.33. The van der Waals surface area contributed by atoms with Gasteiger partial charge in [-0.1, -0.05) is 6.92 Å². The van der Waals surface area contributed by atoms with Crippen LogP contribution >= 0.6 is 0 Å². The van der Waals surface area contributed by atoms with Crippen molar-refractivity contribution in [1.82, 2.24) is 4.98 Å². The lowest BCUT2D eigenvalue weighted by molar-refractivity contribution is 0.305. The molecule has 66 valence electrons. The number of pyridine rings is 1. The summed E-state index contributed by atoms with van der Waals surface area (Å²) in [6, 6.07) is 3.76. The van der Waals surface area contributed by atoms with Gasteiger partial charge in [-0.05, 0) is 18.1 Å². The standard InChI is InChI=1S/C9H14N2O/c1-2-5-12-9-6-8(7-10)3-4-11-9/h3-4,6H,2,5,7,10H2,1H3. The van der Waals surface area contributed by atoms with E-state index in [1.807, 2.05) is 12.1 Å². The Labute approximate surface area is 72.6 Å². The summed E-state index contributed by atoms with van der Waals surface area (Å²) in [5, 5.41) is 0. The zero-order valence-corrected chi connectivity index (χ0v) is 7.29. The summed E-state index contributed by atoms with van der Waals surface area (Å²) < 4.78 is 5.33. The van der Waals surface area contributed by atoms with Gasteiger partial charge in [-0.2, -0.15) is 0 Å². The molecule has 0 saturated heterocycles. The number of hydrogen-bond acceptors (Lipinski definition) is 3. The minimum atomic E-state index is 0.533. The van der Waals surface area contributed by atoms with E-state index in [0.717, 1.165) is 12.0 Å². The molecule has 0 aliphatic carbocycles. The predicted molar refractivity (Wildman–Crippen MR) is 47.9 cm³/mol. The van der Waals surface area contributed by atoms with Crippen LogP contribution in [0.5, 0.6) is 5.88 Å². The van der Waals surface area contributed by atoms with E-state index in [0.29, 0.717) is 19.0 Å². The average Bonchev–Trinajstić information content (AvgIpc) is 2.15. The van der Waals surface area contributed by atoms with Gasteiger partial charge in [0.1, 0.15) is 0 Å². The van der Waals surface area contributed by atoms with Crippen LogP contribution in [0.15, 0.2) is 18.3 Å². The summed E-state index contributed by atoms with van der Waals surface area (Å²) in [6.45, 7) is 3.30. The second-order valence-corrected chi connectivity index (χ2v) is 2.55. The maximum Gasteiger partial charge on any atom is 0.213 e. The van der Waals surface area contributed by atoms with E-state index >= 15 is 0 Å². The first-order valence-electron chi connectivity index (χ1n) is 4.14. The minimum absolute atomic E-state index is 0.533. The van der Waals surface area contributed by atoms with Crippen LogP contribution in [0.25, 0.3) is 0 Å². The van der Waals surface area contributed by atoms with Crippen molar-refractivity contribution < 1.29 is 4.74 Å². The van der Waals surface area contributed by atoms with Gasteiger partial charge in [0.2, 0.25) is 5.88 Å². The van der Waals surface area contributed by atoms with Crippen molar-refractivity contribution in [3.63, 3.8) is 0 Å². The minimum Gasteiger partial charge on any atom is -0.478 e. The first-order chi connectivity index (χ1) is 5.86. The molecule has 0 aliphatic rings. The smallest absolute Gasteiger partial charge is 0.213 e. The van der Waals surface area contributed by atoms with E-state index in [1.165, 1.54) is 0 Å². The molecule has 2 N–H and O–H groups in total. The lowest BCUT2D eigenvalue weighted by Gasteiger charge is -2.03. The number of nitrogens with two attached hydrogens (primary N) is 1. The number of ether oxygens (including phenoxy) is 1. The summed E-state index contributed by atoms with van der Waals surface area (Å²) in [5.41, 5.74) is 6.52. The number of hydrogen-bond donors (Lipinski definition) is 1. The molecule has 0 unspecified atom stereocenters. The summed E-state index contributed by atoms with van der Waals surface area (Å²) in [4.78, 5) is 4.05. The molecule has 0 spiro atoms. The molecule has 0 radical (unpaired) electrons. The number of aromatic nitrogens is 1. The summed E-state index contributed by atoms with van der Waals surface area (Å²) in [5.74, 6) is 0.666. The highest BCUT2D eigenvalue weighted by Gasteiger charge is 1.95. The van der Waals surface area contributed by atoms with Crippen molar-refractivity contribution in [2.24, 2.45) is 5.73 Å². The van der Waals surface area contributed by atoms with Gasteiger partial charge < -0.3 is 10.5 Å². The Bertz CT molecular complexity index is 238. The molecule has 1 aromatic rings. The molecule has 12 heavy (non-hydrogen) atoms. The molecule has 1 rings (SSSR count). The first-order valence-corrected chi connectivity index (χ1v) is 4.14. The molecule has 0 bridgehead atoms. The Balaban J connectivity index is 2.60. The molecule has 0 saturated carbocycles. The fourth-order valence-corrected chi connectivity index (χ4v) is 0.863. The molecule has 1 heterocycles. The van der Waals surface area contributed by atoms with Crippen LogP contribution in [0, 0.1) is 0 Å². The van der Waals surface area contributed by atoms with Crippen molar-refractivity contribution in [3.05, 3.63) is 23.9 Å². The normalized spacial score (nSPS) is 9.83. The molecule has 0 atom stereocenters. The van der Waals surface area contributed by atoms with E-state index in [1.54, 1.807) is 6.20 Å². The van der Waals surface area contributed by atoms with Crippen LogP contribution in [-0.2, 0) is 6.54 Å². The lowest BCUT2D eigenvalue weighted by Crippen LogP contribution is -2.00. The van der Waals surface area contributed by atoms with Gasteiger partial charge in [0.15, 0.2) is 0 Å². The first kappa shape index (κ1) is 9.00. The molecule has 0 aliphatic heterocycles. The monoisotopic (exact) mass is 166 g/mol. The highest BCUT2D eigenvalue weighted by atomic mass is 16.5. The molecule has 3 heteroatoms. The van der Waals surface area contributed by atoms with Crippen molar-refractivity contribution in [1.29, 1.82) is 0 Å². The summed E-state index contributed by atoms with van der Waals surface area (Å²) in [6.07, 6.45) is 2.71. The highest BCUT2D eigenvalue weighted by Crippen LogP contribution is 2.08. The Morgan fingerprint density at radius 3 is 3.08 bits per heavy atom. The lowest BCUT2D eigenvalue weighted by atomic mass is 10.3. The van der Waals surface area contributed by atoms with Crippen LogP contribution in [0.1, 0.15) is 18.9 Å². The third-order valence-electron chi connectivity index (χ3n) is 1.49. The Kier molecular flexibility index (Phi) is 3.54. The quantitative estimate of drug-likeness (QED) is 0.734. The van der Waals surface area contributed by atoms with Gasteiger partial charge in [0.05, 0.1) is 6.61 Å². The van der Waals surface area contributed by atoms with Gasteiger partial charge in [-0.3, -0.25) is 0 Å². The molecule has 0 fully saturated rings. The van der Waals surface area contributed by atoms with E-state index < -0.39 is 0 Å². The van der Waals surface area contributed by atoms with Gasteiger partial charge >= 0.3 is 0 Å². The van der Waals surface area contributed by atoms with Gasteiger partial charge in [0, 0.05) is 18.8 Å². The van der Waals surface area contributed by atoms with E-state index in [-0.39, 0.29) is 0 Å². The second-order valence-electron chi connectivity index (χ2n) is 2.55. The fraction of sp³-hybridized carbons (Fsp3) is 0.444. The Hall–Kier alpha value is -1.09. The summed E-state index contributed by atoms with van der Waals surface area (Å²) in [7, 11) is 0. The molecular weight excluding hydrogens is 152 g/mol. The van der Waals surface area contributed by atoms with Crippen LogP contribution in [0.2, 0.25) is 0 Å². The van der Waals surface area contributed by atoms with Crippen LogP contribution < -0.4 is 10.5 Å². The van der Waals surface area contributed by atoms with Gasteiger partial charge in [-0.15, -0.1) is 0 Å². The zero-order chi connectivity index (χ0) is 8.81. The fourth-order valence-electron chi connectivity index (χ4n) is 0.863. The van der Waals surface area contributed by atoms with Crippen molar-refractivity contribution >= 4 is 0 Å².